The van der Waals surface area contributed by atoms with Crippen LogP contribution in [0, 0.1) is 0 Å². The zero-order chi connectivity index (χ0) is 13.8. The summed E-state index contributed by atoms with van der Waals surface area (Å²) in [7, 11) is 0. The number of hydrogen-bond donors (Lipinski definition) is 1. The lowest BCUT2D eigenvalue weighted by molar-refractivity contribution is 0.414. The third kappa shape index (κ3) is 3.21. The summed E-state index contributed by atoms with van der Waals surface area (Å²) in [6.45, 7) is 2.30. The first-order valence-electron chi connectivity index (χ1n) is 8.08. The van der Waals surface area contributed by atoms with E-state index in [1.807, 2.05) is 0 Å². The van der Waals surface area contributed by atoms with Gasteiger partial charge in [-0.15, -0.1) is 0 Å². The van der Waals surface area contributed by atoms with E-state index in [1.165, 1.54) is 54.9 Å². The summed E-state index contributed by atoms with van der Waals surface area (Å²) in [5.41, 5.74) is 1.41. The summed E-state index contributed by atoms with van der Waals surface area (Å²) >= 11 is 0. The normalized spacial score (nSPS) is 18.9. The van der Waals surface area contributed by atoms with Crippen LogP contribution < -0.4 is 5.32 Å². The summed E-state index contributed by atoms with van der Waals surface area (Å²) in [6.07, 6.45) is 8.31. The molecule has 0 bridgehead atoms. The van der Waals surface area contributed by atoms with Crippen molar-refractivity contribution in [3.63, 3.8) is 0 Å². The van der Waals surface area contributed by atoms with Crippen molar-refractivity contribution in [3.05, 3.63) is 48.0 Å². The fourth-order valence-electron chi connectivity index (χ4n) is 3.37. The van der Waals surface area contributed by atoms with Gasteiger partial charge in [-0.05, 0) is 42.2 Å². The average Bonchev–Trinajstić information content (AvgIpc) is 2.75. The largest absolute Gasteiger partial charge is 0.307 e. The van der Waals surface area contributed by atoms with Crippen LogP contribution in [0.25, 0.3) is 10.8 Å². The van der Waals surface area contributed by atoms with E-state index in [4.69, 9.17) is 0 Å². The molecule has 1 saturated carbocycles. The van der Waals surface area contributed by atoms with E-state index in [-0.39, 0.29) is 0 Å². The molecule has 0 aliphatic heterocycles. The standard InChI is InChI=1S/C19H25N/c1-15(20-19-10-4-2-3-5-11-19)17-13-12-16-8-6-7-9-18(16)14-17/h6-9,12-15,19-20H,2-5,10-11H2,1H3. The Hall–Kier alpha value is -1.34. The number of hydrogen-bond acceptors (Lipinski definition) is 1. The molecule has 1 unspecified atom stereocenters. The molecular weight excluding hydrogens is 242 g/mol. The molecule has 0 aromatic heterocycles. The Morgan fingerprint density at radius 2 is 1.60 bits per heavy atom. The first kappa shape index (κ1) is 13.6. The fraction of sp³-hybridized carbons (Fsp3) is 0.474. The zero-order valence-electron chi connectivity index (χ0n) is 12.4. The highest BCUT2D eigenvalue weighted by atomic mass is 14.9. The second kappa shape index (κ2) is 6.41. The Balaban J connectivity index is 1.72. The summed E-state index contributed by atoms with van der Waals surface area (Å²) in [5.74, 6) is 0. The molecule has 1 N–H and O–H groups in total. The highest BCUT2D eigenvalue weighted by molar-refractivity contribution is 5.83. The summed E-state index contributed by atoms with van der Waals surface area (Å²) in [6, 6.07) is 16.6. The smallest absolute Gasteiger partial charge is 0.0294 e. The summed E-state index contributed by atoms with van der Waals surface area (Å²) < 4.78 is 0. The fourth-order valence-corrected chi connectivity index (χ4v) is 3.37. The van der Waals surface area contributed by atoms with Crippen molar-refractivity contribution in [2.24, 2.45) is 0 Å². The Kier molecular flexibility index (Phi) is 4.37. The summed E-state index contributed by atoms with van der Waals surface area (Å²) in [5, 5.41) is 6.52. The molecule has 1 atom stereocenters. The molecule has 3 rings (SSSR count). The van der Waals surface area contributed by atoms with Crippen molar-refractivity contribution in [2.45, 2.75) is 57.5 Å². The van der Waals surface area contributed by atoms with Gasteiger partial charge in [0.05, 0.1) is 0 Å². The van der Waals surface area contributed by atoms with Crippen LogP contribution in [0.3, 0.4) is 0 Å². The van der Waals surface area contributed by atoms with Crippen LogP contribution in [0.4, 0.5) is 0 Å². The Bertz CT molecular complexity index is 552. The van der Waals surface area contributed by atoms with Gasteiger partial charge in [-0.3, -0.25) is 0 Å². The van der Waals surface area contributed by atoms with Crippen LogP contribution in [0.1, 0.15) is 57.1 Å². The Morgan fingerprint density at radius 1 is 0.900 bits per heavy atom. The molecule has 0 spiro atoms. The highest BCUT2D eigenvalue weighted by Gasteiger charge is 2.15. The molecule has 1 aliphatic rings. The maximum atomic E-state index is 3.84. The number of rotatable bonds is 3. The van der Waals surface area contributed by atoms with E-state index >= 15 is 0 Å². The van der Waals surface area contributed by atoms with Gasteiger partial charge in [0, 0.05) is 12.1 Å². The predicted octanol–water partition coefficient (Wildman–Crippen LogP) is 5.21. The van der Waals surface area contributed by atoms with Crippen LogP contribution >= 0.6 is 0 Å². The quantitative estimate of drug-likeness (QED) is 0.752. The topological polar surface area (TPSA) is 12.0 Å². The lowest BCUT2D eigenvalue weighted by atomic mass is 10.0. The molecule has 20 heavy (non-hydrogen) atoms. The molecule has 1 heteroatoms. The van der Waals surface area contributed by atoms with Gasteiger partial charge < -0.3 is 5.32 Å². The van der Waals surface area contributed by atoms with E-state index in [9.17, 15) is 0 Å². The molecule has 1 nitrogen and oxygen atoms in total. The predicted molar refractivity (Wildman–Crippen MR) is 87.0 cm³/mol. The van der Waals surface area contributed by atoms with E-state index < -0.39 is 0 Å². The maximum Gasteiger partial charge on any atom is 0.0294 e. The van der Waals surface area contributed by atoms with Gasteiger partial charge in [0.2, 0.25) is 0 Å². The van der Waals surface area contributed by atoms with Crippen molar-refractivity contribution in [1.29, 1.82) is 0 Å². The molecule has 1 fully saturated rings. The second-order valence-corrected chi connectivity index (χ2v) is 6.18. The molecule has 2 aromatic rings. The third-order valence-electron chi connectivity index (χ3n) is 4.61. The minimum absolute atomic E-state index is 0.447. The van der Waals surface area contributed by atoms with Gasteiger partial charge in [-0.2, -0.15) is 0 Å². The SMILES string of the molecule is CC(NC1CCCCCC1)c1ccc2ccccc2c1. The van der Waals surface area contributed by atoms with Crippen LogP contribution in [-0.4, -0.2) is 6.04 Å². The van der Waals surface area contributed by atoms with Crippen molar-refractivity contribution in [2.75, 3.05) is 0 Å². The Labute approximate surface area is 122 Å². The molecule has 0 heterocycles. The maximum absolute atomic E-state index is 3.84. The van der Waals surface area contributed by atoms with E-state index in [2.05, 4.69) is 54.7 Å². The molecule has 1 aliphatic carbocycles. The van der Waals surface area contributed by atoms with Gasteiger partial charge in [0.15, 0.2) is 0 Å². The van der Waals surface area contributed by atoms with Gasteiger partial charge in [0.25, 0.3) is 0 Å². The average molecular weight is 267 g/mol. The van der Waals surface area contributed by atoms with Crippen molar-refractivity contribution in [1.82, 2.24) is 5.32 Å². The first-order valence-corrected chi connectivity index (χ1v) is 8.08. The van der Waals surface area contributed by atoms with Crippen LogP contribution in [0.5, 0.6) is 0 Å². The van der Waals surface area contributed by atoms with Crippen molar-refractivity contribution in [3.8, 4) is 0 Å². The minimum atomic E-state index is 0.447. The van der Waals surface area contributed by atoms with Gasteiger partial charge in [-0.25, -0.2) is 0 Å². The highest BCUT2D eigenvalue weighted by Crippen LogP contribution is 2.23. The Morgan fingerprint density at radius 3 is 2.35 bits per heavy atom. The van der Waals surface area contributed by atoms with E-state index in [0.717, 1.165) is 0 Å². The molecule has 0 saturated heterocycles. The van der Waals surface area contributed by atoms with Crippen molar-refractivity contribution < 1.29 is 0 Å². The van der Waals surface area contributed by atoms with Crippen LogP contribution in [0.15, 0.2) is 42.5 Å². The van der Waals surface area contributed by atoms with Gasteiger partial charge >= 0.3 is 0 Å². The monoisotopic (exact) mass is 267 g/mol. The van der Waals surface area contributed by atoms with Gasteiger partial charge in [-0.1, -0.05) is 62.1 Å². The second-order valence-electron chi connectivity index (χ2n) is 6.18. The zero-order valence-corrected chi connectivity index (χ0v) is 12.4. The molecule has 2 aromatic carbocycles. The number of fused-ring (bicyclic) bond motifs is 1. The lowest BCUT2D eigenvalue weighted by Crippen LogP contribution is -2.31. The molecule has 0 amide bonds. The number of nitrogens with one attached hydrogen (secondary N) is 1. The lowest BCUT2D eigenvalue weighted by Gasteiger charge is -2.22. The molecular formula is C19H25N. The minimum Gasteiger partial charge on any atom is -0.307 e. The van der Waals surface area contributed by atoms with Crippen LogP contribution in [0.2, 0.25) is 0 Å². The molecule has 0 radical (unpaired) electrons. The van der Waals surface area contributed by atoms with Crippen LogP contribution in [-0.2, 0) is 0 Å². The summed E-state index contributed by atoms with van der Waals surface area (Å²) in [4.78, 5) is 0. The van der Waals surface area contributed by atoms with E-state index in [0.29, 0.717) is 12.1 Å². The first-order chi connectivity index (χ1) is 9.83. The van der Waals surface area contributed by atoms with E-state index in [1.54, 1.807) is 0 Å². The van der Waals surface area contributed by atoms with Crippen molar-refractivity contribution >= 4 is 10.8 Å². The third-order valence-corrected chi connectivity index (χ3v) is 4.61. The molecule has 106 valence electrons. The van der Waals surface area contributed by atoms with Gasteiger partial charge in [0.1, 0.15) is 0 Å². The number of benzene rings is 2.